The summed E-state index contributed by atoms with van der Waals surface area (Å²) in [5, 5.41) is 2.92. The molecule has 2 heterocycles. The fourth-order valence-corrected chi connectivity index (χ4v) is 5.76. The summed E-state index contributed by atoms with van der Waals surface area (Å²) in [5.41, 5.74) is 2.75. The Morgan fingerprint density at radius 1 is 0.968 bits per heavy atom. The third-order valence-electron chi connectivity index (χ3n) is 5.89. The molecule has 4 rings (SSSR count). The Morgan fingerprint density at radius 2 is 1.65 bits per heavy atom. The van der Waals surface area contributed by atoms with Gasteiger partial charge in [0, 0.05) is 31.0 Å². The number of benzene rings is 2. The van der Waals surface area contributed by atoms with Crippen LogP contribution in [0.4, 0.5) is 11.4 Å². The summed E-state index contributed by atoms with van der Waals surface area (Å²) in [5.74, 6) is -0.283. The van der Waals surface area contributed by atoms with Crippen LogP contribution in [-0.2, 0) is 19.6 Å². The number of hydrogen-bond donors (Lipinski definition) is 1. The average molecular weight is 444 g/mol. The fourth-order valence-electron chi connectivity index (χ4n) is 4.10. The summed E-state index contributed by atoms with van der Waals surface area (Å²) < 4.78 is 33.2. The van der Waals surface area contributed by atoms with Crippen LogP contribution in [-0.4, -0.2) is 57.5 Å². The first-order valence-electron chi connectivity index (χ1n) is 10.8. The first kappa shape index (κ1) is 21.8. The third-order valence-corrected chi connectivity index (χ3v) is 7.82. The largest absolute Gasteiger partial charge is 0.378 e. The van der Waals surface area contributed by atoms with E-state index in [0.717, 1.165) is 37.2 Å². The first-order valence-corrected chi connectivity index (χ1v) is 12.2. The summed E-state index contributed by atoms with van der Waals surface area (Å²) in [6.45, 7) is 5.39. The number of ether oxygens (including phenoxy) is 1. The number of anilines is 2. The van der Waals surface area contributed by atoms with E-state index in [1.165, 1.54) is 4.31 Å². The van der Waals surface area contributed by atoms with Gasteiger partial charge in [0.05, 0.1) is 18.1 Å². The van der Waals surface area contributed by atoms with Crippen molar-refractivity contribution in [1.82, 2.24) is 4.31 Å². The Labute approximate surface area is 184 Å². The molecule has 1 atom stereocenters. The maximum absolute atomic E-state index is 13.2. The van der Waals surface area contributed by atoms with Crippen molar-refractivity contribution in [2.75, 3.05) is 43.1 Å². The highest BCUT2D eigenvalue weighted by molar-refractivity contribution is 7.89. The average Bonchev–Trinajstić information content (AvgIpc) is 2.80. The van der Waals surface area contributed by atoms with Crippen molar-refractivity contribution >= 4 is 27.3 Å². The van der Waals surface area contributed by atoms with Crippen molar-refractivity contribution < 1.29 is 17.9 Å². The smallest absolute Gasteiger partial charge is 0.243 e. The molecule has 31 heavy (non-hydrogen) atoms. The number of carbonyl (C=O) groups excluding carboxylic acids is 1. The van der Waals surface area contributed by atoms with Gasteiger partial charge in [-0.05, 0) is 56.2 Å². The lowest BCUT2D eigenvalue weighted by Gasteiger charge is -2.33. The predicted molar refractivity (Wildman–Crippen MR) is 121 cm³/mol. The number of piperidine rings is 1. The molecule has 0 bridgehead atoms. The van der Waals surface area contributed by atoms with Gasteiger partial charge in [0.1, 0.15) is 6.04 Å². The standard InChI is InChI=1S/C23H29N3O4S/c1-18-5-11-21(12-6-18)31(28,29)26-13-3-2-4-22(26)23(27)24-19-7-9-20(10-8-19)25-14-16-30-17-15-25/h5-12,22H,2-4,13-17H2,1H3,(H,24,27). The molecule has 2 saturated heterocycles. The Morgan fingerprint density at radius 3 is 2.32 bits per heavy atom. The van der Waals surface area contributed by atoms with Gasteiger partial charge in [-0.3, -0.25) is 4.79 Å². The van der Waals surface area contributed by atoms with Crippen LogP contribution >= 0.6 is 0 Å². The van der Waals surface area contributed by atoms with Crippen LogP contribution in [0.1, 0.15) is 24.8 Å². The molecular formula is C23H29N3O4S. The first-order chi connectivity index (χ1) is 14.9. The molecule has 0 saturated carbocycles. The number of nitrogens with one attached hydrogen (secondary N) is 1. The molecule has 8 heteroatoms. The van der Waals surface area contributed by atoms with Crippen LogP contribution in [0, 0.1) is 6.92 Å². The number of sulfonamides is 1. The van der Waals surface area contributed by atoms with Crippen molar-refractivity contribution in [2.24, 2.45) is 0 Å². The maximum atomic E-state index is 13.2. The molecule has 2 aliphatic heterocycles. The summed E-state index contributed by atoms with van der Waals surface area (Å²) in [4.78, 5) is 15.5. The molecule has 0 aliphatic carbocycles. The predicted octanol–water partition coefficient (Wildman–Crippen LogP) is 3.01. The van der Waals surface area contributed by atoms with Crippen molar-refractivity contribution in [3.05, 3.63) is 54.1 Å². The topological polar surface area (TPSA) is 79.0 Å². The van der Waals surface area contributed by atoms with E-state index in [2.05, 4.69) is 10.2 Å². The van der Waals surface area contributed by atoms with E-state index >= 15 is 0 Å². The lowest BCUT2D eigenvalue weighted by atomic mass is 10.0. The zero-order valence-electron chi connectivity index (χ0n) is 17.8. The van der Waals surface area contributed by atoms with Gasteiger partial charge >= 0.3 is 0 Å². The van der Waals surface area contributed by atoms with E-state index in [0.29, 0.717) is 31.9 Å². The number of nitrogens with zero attached hydrogens (tertiary/aromatic N) is 2. The quantitative estimate of drug-likeness (QED) is 0.769. The molecule has 2 aromatic rings. The number of morpholine rings is 1. The molecule has 7 nitrogen and oxygen atoms in total. The molecule has 0 spiro atoms. The van der Waals surface area contributed by atoms with Gasteiger partial charge in [-0.15, -0.1) is 0 Å². The lowest BCUT2D eigenvalue weighted by Crippen LogP contribution is -2.49. The highest BCUT2D eigenvalue weighted by Gasteiger charge is 2.37. The summed E-state index contributed by atoms with van der Waals surface area (Å²) in [6.07, 6.45) is 2.10. The molecule has 2 aliphatic rings. The van der Waals surface area contributed by atoms with Gasteiger partial charge in [0.2, 0.25) is 15.9 Å². The van der Waals surface area contributed by atoms with E-state index in [9.17, 15) is 13.2 Å². The summed E-state index contributed by atoms with van der Waals surface area (Å²) in [7, 11) is -3.73. The van der Waals surface area contributed by atoms with Gasteiger partial charge in [0.25, 0.3) is 0 Å². The second kappa shape index (κ2) is 9.38. The van der Waals surface area contributed by atoms with Crippen LogP contribution in [0.5, 0.6) is 0 Å². The molecular weight excluding hydrogens is 414 g/mol. The van der Waals surface area contributed by atoms with E-state index in [1.807, 2.05) is 31.2 Å². The highest BCUT2D eigenvalue weighted by Crippen LogP contribution is 2.27. The van der Waals surface area contributed by atoms with Crippen molar-refractivity contribution in [2.45, 2.75) is 37.1 Å². The van der Waals surface area contributed by atoms with E-state index < -0.39 is 16.1 Å². The molecule has 2 fully saturated rings. The van der Waals surface area contributed by atoms with Crippen molar-refractivity contribution in [3.63, 3.8) is 0 Å². The van der Waals surface area contributed by atoms with Crippen molar-refractivity contribution in [3.8, 4) is 0 Å². The molecule has 0 radical (unpaired) electrons. The second-order valence-electron chi connectivity index (χ2n) is 8.08. The highest BCUT2D eigenvalue weighted by atomic mass is 32.2. The zero-order valence-corrected chi connectivity index (χ0v) is 18.6. The van der Waals surface area contributed by atoms with Crippen LogP contribution in [0.25, 0.3) is 0 Å². The molecule has 166 valence electrons. The van der Waals surface area contributed by atoms with Gasteiger partial charge in [0.15, 0.2) is 0 Å². The summed E-state index contributed by atoms with van der Waals surface area (Å²) in [6, 6.07) is 13.7. The van der Waals surface area contributed by atoms with Crippen LogP contribution in [0.15, 0.2) is 53.4 Å². The maximum Gasteiger partial charge on any atom is 0.243 e. The Hall–Kier alpha value is -2.42. The third kappa shape index (κ3) is 4.92. The number of aryl methyl sites for hydroxylation is 1. The van der Waals surface area contributed by atoms with Crippen LogP contribution < -0.4 is 10.2 Å². The van der Waals surface area contributed by atoms with Gasteiger partial charge in [-0.2, -0.15) is 4.31 Å². The van der Waals surface area contributed by atoms with E-state index in [-0.39, 0.29) is 10.8 Å². The van der Waals surface area contributed by atoms with Crippen LogP contribution in [0.3, 0.4) is 0 Å². The van der Waals surface area contributed by atoms with Gasteiger partial charge < -0.3 is 15.0 Å². The Bertz CT molecular complexity index is 1000. The SMILES string of the molecule is Cc1ccc(S(=O)(=O)N2CCCCC2C(=O)Nc2ccc(N3CCOCC3)cc2)cc1. The number of rotatable bonds is 5. The Balaban J connectivity index is 1.47. The number of hydrogen-bond acceptors (Lipinski definition) is 5. The fraction of sp³-hybridized carbons (Fsp3) is 0.435. The van der Waals surface area contributed by atoms with Gasteiger partial charge in [-0.25, -0.2) is 8.42 Å². The minimum Gasteiger partial charge on any atom is -0.378 e. The molecule has 1 amide bonds. The van der Waals surface area contributed by atoms with Gasteiger partial charge in [-0.1, -0.05) is 24.1 Å². The minimum absolute atomic E-state index is 0.229. The molecule has 1 unspecified atom stereocenters. The molecule has 1 N–H and O–H groups in total. The monoisotopic (exact) mass is 443 g/mol. The van der Waals surface area contributed by atoms with Crippen LogP contribution in [0.2, 0.25) is 0 Å². The lowest BCUT2D eigenvalue weighted by molar-refractivity contribution is -0.120. The second-order valence-corrected chi connectivity index (χ2v) is 9.97. The Kier molecular flexibility index (Phi) is 6.60. The van der Waals surface area contributed by atoms with E-state index in [1.54, 1.807) is 24.3 Å². The normalized spacial score (nSPS) is 20.4. The van der Waals surface area contributed by atoms with E-state index in [4.69, 9.17) is 4.74 Å². The molecule has 2 aromatic carbocycles. The van der Waals surface area contributed by atoms with Crippen molar-refractivity contribution in [1.29, 1.82) is 0 Å². The number of amides is 1. The zero-order chi connectivity index (χ0) is 21.8. The summed E-state index contributed by atoms with van der Waals surface area (Å²) >= 11 is 0. The molecule has 0 aromatic heterocycles. The number of carbonyl (C=O) groups is 1. The minimum atomic E-state index is -3.73.